The van der Waals surface area contributed by atoms with Crippen LogP contribution in [0, 0.1) is 23.1 Å². The van der Waals surface area contributed by atoms with Gasteiger partial charge in [0.15, 0.2) is 5.78 Å². The zero-order valence-corrected chi connectivity index (χ0v) is 23.6. The molecule has 4 heterocycles. The van der Waals surface area contributed by atoms with Crippen molar-refractivity contribution in [2.45, 2.75) is 57.4 Å². The Balaban J connectivity index is 1.04. The molecular weight excluding hydrogens is 533 g/mol. The van der Waals surface area contributed by atoms with Crippen molar-refractivity contribution in [3.8, 4) is 11.9 Å². The maximum Gasteiger partial charge on any atom is 0.213 e. The van der Waals surface area contributed by atoms with E-state index in [9.17, 15) is 9.18 Å². The Hall–Kier alpha value is -4.13. The highest BCUT2D eigenvalue weighted by Crippen LogP contribution is 2.59. The van der Waals surface area contributed by atoms with Crippen molar-refractivity contribution < 1.29 is 18.7 Å². The van der Waals surface area contributed by atoms with Gasteiger partial charge in [0.25, 0.3) is 0 Å². The number of hydrogen-bond acceptors (Lipinski definition) is 7. The minimum Gasteiger partial charge on any atom is -0.473 e. The topological polar surface area (TPSA) is 93.3 Å². The number of halogens is 1. The molecule has 3 aliphatic rings. The van der Waals surface area contributed by atoms with E-state index in [1.54, 1.807) is 19.1 Å². The van der Waals surface area contributed by atoms with E-state index < -0.39 is 5.82 Å². The largest absolute Gasteiger partial charge is 0.473 e. The van der Waals surface area contributed by atoms with E-state index in [-0.39, 0.29) is 29.5 Å². The van der Waals surface area contributed by atoms with Gasteiger partial charge in [-0.25, -0.2) is 14.4 Å². The number of ketones is 1. The fraction of sp³-hybridized carbons (Fsp3) is 0.394. The first-order valence-corrected chi connectivity index (χ1v) is 14.5. The third kappa shape index (κ3) is 4.95. The Bertz CT molecular complexity index is 1720. The fourth-order valence-electron chi connectivity index (χ4n) is 6.48. The van der Waals surface area contributed by atoms with E-state index in [2.05, 4.69) is 15.5 Å². The van der Waals surface area contributed by atoms with Crippen molar-refractivity contribution >= 4 is 16.8 Å². The molecule has 214 valence electrons. The summed E-state index contributed by atoms with van der Waals surface area (Å²) in [4.78, 5) is 24.4. The van der Waals surface area contributed by atoms with E-state index in [0.717, 1.165) is 74.6 Å². The molecule has 2 aromatic heterocycles. The molecule has 0 radical (unpaired) electrons. The summed E-state index contributed by atoms with van der Waals surface area (Å²) in [6.07, 6.45) is 3.31. The number of nitrogens with zero attached hydrogens (tertiary/aromatic N) is 5. The van der Waals surface area contributed by atoms with Crippen LogP contribution in [0.1, 0.15) is 59.2 Å². The minimum absolute atomic E-state index is 0.0475. The summed E-state index contributed by atoms with van der Waals surface area (Å²) in [5.41, 5.74) is 4.37. The van der Waals surface area contributed by atoms with Gasteiger partial charge in [0, 0.05) is 35.8 Å². The molecule has 2 aliphatic heterocycles. The lowest BCUT2D eigenvalue weighted by Crippen LogP contribution is -2.37. The lowest BCUT2D eigenvalue weighted by atomic mass is 9.91. The molecule has 2 aromatic carbocycles. The quantitative estimate of drug-likeness (QED) is 0.258. The Kier molecular flexibility index (Phi) is 6.76. The third-order valence-electron chi connectivity index (χ3n) is 9.15. The van der Waals surface area contributed by atoms with Gasteiger partial charge in [0.2, 0.25) is 5.88 Å². The molecule has 0 amide bonds. The number of piperidine rings is 1. The number of imidazole rings is 1. The van der Waals surface area contributed by atoms with Gasteiger partial charge in [-0.1, -0.05) is 12.1 Å². The maximum absolute atomic E-state index is 14.3. The molecule has 0 bridgehead atoms. The monoisotopic (exact) mass is 565 g/mol. The number of rotatable bonds is 9. The van der Waals surface area contributed by atoms with E-state index in [4.69, 9.17) is 24.7 Å². The van der Waals surface area contributed by atoms with Crippen LogP contribution in [0.25, 0.3) is 11.0 Å². The summed E-state index contributed by atoms with van der Waals surface area (Å²) in [6, 6.07) is 18.0. The molecule has 42 heavy (non-hydrogen) atoms. The van der Waals surface area contributed by atoms with E-state index in [0.29, 0.717) is 22.9 Å². The van der Waals surface area contributed by atoms with Crippen LogP contribution in [-0.2, 0) is 29.8 Å². The second-order valence-corrected chi connectivity index (χ2v) is 11.8. The first kappa shape index (κ1) is 26.7. The number of pyridine rings is 1. The number of fused-ring (bicyclic) bond motifs is 2. The number of hydrogen-bond donors (Lipinski definition) is 0. The first-order valence-electron chi connectivity index (χ1n) is 14.5. The molecule has 4 aromatic rings. The van der Waals surface area contributed by atoms with Crippen LogP contribution in [-0.4, -0.2) is 51.0 Å². The summed E-state index contributed by atoms with van der Waals surface area (Å²) < 4.78 is 28.2. The highest BCUT2D eigenvalue weighted by molar-refractivity contribution is 5.97. The number of carbonyl (C=O) groups is 1. The van der Waals surface area contributed by atoms with Crippen molar-refractivity contribution in [1.82, 2.24) is 19.4 Å². The number of nitriles is 1. The summed E-state index contributed by atoms with van der Waals surface area (Å²) >= 11 is 0. The Labute approximate surface area is 243 Å². The third-order valence-corrected chi connectivity index (χ3v) is 9.15. The lowest BCUT2D eigenvalue weighted by molar-refractivity contribution is -0.0592. The highest BCUT2D eigenvalue weighted by Gasteiger charge is 2.58. The van der Waals surface area contributed by atoms with Crippen molar-refractivity contribution in [3.05, 3.63) is 88.6 Å². The maximum atomic E-state index is 14.3. The molecule has 0 N–H and O–H groups in total. The normalized spacial score (nSPS) is 23.2. The zero-order valence-electron chi connectivity index (χ0n) is 23.6. The first-order chi connectivity index (χ1) is 20.4. The predicted molar refractivity (Wildman–Crippen MR) is 153 cm³/mol. The molecule has 1 saturated carbocycles. The van der Waals surface area contributed by atoms with E-state index in [1.165, 1.54) is 6.07 Å². The predicted octanol–water partition coefficient (Wildman–Crippen LogP) is 5.18. The Morgan fingerprint density at radius 1 is 1.21 bits per heavy atom. The molecule has 9 heteroatoms. The lowest BCUT2D eigenvalue weighted by Gasteiger charge is -2.32. The molecule has 3 atom stereocenters. The average Bonchev–Trinajstić information content (AvgIpc) is 3.62. The summed E-state index contributed by atoms with van der Waals surface area (Å²) in [7, 11) is 0. The fourth-order valence-corrected chi connectivity index (χ4v) is 6.48. The number of aromatic nitrogens is 3. The Morgan fingerprint density at radius 2 is 2.10 bits per heavy atom. The van der Waals surface area contributed by atoms with Gasteiger partial charge in [-0.15, -0.1) is 0 Å². The SMILES string of the molecule is CC(=O)c1ccc2nc(CN3CCC4(c5cccc(OCc6ccc(C#N)cc6F)n5)CC4C3)n(C[C@@H]3CCO3)c2c1. The van der Waals surface area contributed by atoms with Crippen LogP contribution in [0.4, 0.5) is 4.39 Å². The molecule has 2 saturated heterocycles. The van der Waals surface area contributed by atoms with Crippen molar-refractivity contribution in [2.24, 2.45) is 5.92 Å². The number of Topliss-reactive ketones (excluding diaryl/α,β-unsaturated/α-hetero) is 1. The Morgan fingerprint density at radius 3 is 2.83 bits per heavy atom. The van der Waals surface area contributed by atoms with Crippen molar-refractivity contribution in [2.75, 3.05) is 19.7 Å². The van der Waals surface area contributed by atoms with Gasteiger partial charge in [-0.05, 0) is 75.0 Å². The van der Waals surface area contributed by atoms with Crippen LogP contribution in [0.2, 0.25) is 0 Å². The van der Waals surface area contributed by atoms with Gasteiger partial charge in [-0.2, -0.15) is 5.26 Å². The number of ether oxygens (including phenoxy) is 2. The average molecular weight is 566 g/mol. The summed E-state index contributed by atoms with van der Waals surface area (Å²) in [5.74, 6) is 1.60. The van der Waals surface area contributed by atoms with Crippen LogP contribution >= 0.6 is 0 Å². The number of likely N-dealkylation sites (tertiary alicyclic amines) is 1. The van der Waals surface area contributed by atoms with Gasteiger partial charge in [0.1, 0.15) is 18.2 Å². The van der Waals surface area contributed by atoms with E-state index in [1.807, 2.05) is 36.4 Å². The summed E-state index contributed by atoms with van der Waals surface area (Å²) in [5, 5.41) is 8.96. The van der Waals surface area contributed by atoms with Gasteiger partial charge in [-0.3, -0.25) is 9.69 Å². The number of benzene rings is 2. The van der Waals surface area contributed by atoms with Crippen molar-refractivity contribution in [3.63, 3.8) is 0 Å². The number of carbonyl (C=O) groups excluding carboxylic acids is 1. The minimum atomic E-state index is -0.452. The smallest absolute Gasteiger partial charge is 0.213 e. The molecule has 0 spiro atoms. The molecular formula is C33H32FN5O3. The molecule has 2 unspecified atom stereocenters. The molecule has 8 nitrogen and oxygen atoms in total. The van der Waals surface area contributed by atoms with Crippen LogP contribution in [0.5, 0.6) is 5.88 Å². The standard InChI is InChI=1S/C33H32FN5O3/c1-21(40)23-7-8-28-29(14-23)39(18-26-9-12-41-26)31(36-28)19-38-11-10-33(15-25(33)17-38)30-3-2-4-32(37-30)42-20-24-6-5-22(16-35)13-27(24)34/h2-8,13-14,25-26H,9-12,15,17-20H2,1H3/t25?,26-,33?/m0/s1. The van der Waals surface area contributed by atoms with Gasteiger partial charge in [0.05, 0.1) is 47.6 Å². The highest BCUT2D eigenvalue weighted by atomic mass is 19.1. The van der Waals surface area contributed by atoms with Gasteiger partial charge < -0.3 is 14.0 Å². The zero-order chi connectivity index (χ0) is 28.8. The van der Waals surface area contributed by atoms with E-state index >= 15 is 0 Å². The van der Waals surface area contributed by atoms with Crippen LogP contribution in [0.3, 0.4) is 0 Å². The van der Waals surface area contributed by atoms with Crippen LogP contribution < -0.4 is 4.74 Å². The van der Waals surface area contributed by atoms with Gasteiger partial charge >= 0.3 is 0 Å². The second kappa shape index (κ2) is 10.6. The second-order valence-electron chi connectivity index (χ2n) is 11.8. The van der Waals surface area contributed by atoms with Crippen LogP contribution in [0.15, 0.2) is 54.6 Å². The van der Waals surface area contributed by atoms with Crippen molar-refractivity contribution in [1.29, 1.82) is 5.26 Å². The molecule has 3 fully saturated rings. The molecule has 7 rings (SSSR count). The molecule has 1 aliphatic carbocycles. The summed E-state index contributed by atoms with van der Waals surface area (Å²) in [6.45, 7) is 5.84.